The highest BCUT2D eigenvalue weighted by Gasteiger charge is 2.14. The zero-order chi connectivity index (χ0) is 10.8. The summed E-state index contributed by atoms with van der Waals surface area (Å²) in [4.78, 5) is 4.02. The van der Waals surface area contributed by atoms with Gasteiger partial charge >= 0.3 is 0 Å². The van der Waals surface area contributed by atoms with Gasteiger partial charge in [-0.15, -0.1) is 11.3 Å². The van der Waals surface area contributed by atoms with E-state index in [-0.39, 0.29) is 0 Å². The number of nitriles is 1. The topological polar surface area (TPSA) is 64.0 Å². The quantitative estimate of drug-likeness (QED) is 0.792. The number of hydrogen-bond donors (Lipinski definition) is 1. The Bertz CT molecular complexity index is 524. The van der Waals surface area contributed by atoms with Crippen molar-refractivity contribution in [2.75, 3.05) is 5.73 Å². The molecule has 0 amide bonds. The van der Waals surface area contributed by atoms with Crippen LogP contribution in [-0.4, -0.2) is 0 Å². The Kier molecular flexibility index (Phi) is 2.40. The Morgan fingerprint density at radius 2 is 2.33 bits per heavy atom. The summed E-state index contributed by atoms with van der Waals surface area (Å²) in [5.41, 5.74) is 8.14. The van der Waals surface area contributed by atoms with E-state index in [4.69, 9.17) is 11.0 Å². The smallest absolute Gasteiger partial charge is 0.286 e. The van der Waals surface area contributed by atoms with Crippen molar-refractivity contribution >= 4 is 17.2 Å². The molecule has 2 heterocycles. The van der Waals surface area contributed by atoms with Crippen molar-refractivity contribution in [3.8, 4) is 16.5 Å². The Labute approximate surface area is 91.8 Å². The van der Waals surface area contributed by atoms with Gasteiger partial charge in [0.2, 0.25) is 0 Å². The highest BCUT2D eigenvalue weighted by Crippen LogP contribution is 2.29. The molecule has 0 aliphatic carbocycles. The van der Waals surface area contributed by atoms with Crippen LogP contribution in [0.1, 0.15) is 11.3 Å². The first-order chi connectivity index (χ1) is 7.22. The van der Waals surface area contributed by atoms with Crippen molar-refractivity contribution < 1.29 is 4.98 Å². The molecule has 15 heavy (non-hydrogen) atoms. The van der Waals surface area contributed by atoms with Crippen molar-refractivity contribution in [1.82, 2.24) is 0 Å². The average Bonchev–Trinajstić information content (AvgIpc) is 2.69. The molecule has 0 aliphatic rings. The third kappa shape index (κ3) is 1.69. The molecule has 0 saturated carbocycles. The molecule has 4 heteroatoms. The third-order valence-electron chi connectivity index (χ3n) is 2.13. The van der Waals surface area contributed by atoms with E-state index in [0.717, 1.165) is 16.1 Å². The second-order valence-corrected chi connectivity index (χ2v) is 4.19. The lowest BCUT2D eigenvalue weighted by Crippen LogP contribution is -2.16. The number of nitrogens with two attached hydrogens (primary N) is 1. The van der Waals surface area contributed by atoms with E-state index >= 15 is 0 Å². The van der Waals surface area contributed by atoms with E-state index in [1.165, 1.54) is 0 Å². The molecule has 3 nitrogen and oxygen atoms in total. The van der Waals surface area contributed by atoms with Gasteiger partial charge in [-0.1, -0.05) is 6.07 Å². The number of pyridine rings is 1. The van der Waals surface area contributed by atoms with E-state index in [0.29, 0.717) is 11.4 Å². The maximum absolute atomic E-state index is 9.04. The first-order valence-corrected chi connectivity index (χ1v) is 5.36. The highest BCUT2D eigenvalue weighted by molar-refractivity contribution is 7.13. The fourth-order valence-corrected chi connectivity index (χ4v) is 2.24. The second-order valence-electron chi connectivity index (χ2n) is 3.24. The lowest BCUT2D eigenvalue weighted by atomic mass is 10.1. The Balaban J connectivity index is 2.71. The van der Waals surface area contributed by atoms with Crippen molar-refractivity contribution in [1.29, 1.82) is 5.26 Å². The van der Waals surface area contributed by atoms with Gasteiger partial charge < -0.3 is 0 Å². The molecule has 0 fully saturated rings. The zero-order valence-corrected chi connectivity index (χ0v) is 9.06. The Morgan fingerprint density at radius 1 is 1.53 bits per heavy atom. The summed E-state index contributed by atoms with van der Waals surface area (Å²) in [5.74, 6) is 0.431. The molecular weight excluding hydrogens is 206 g/mol. The molecule has 2 aromatic rings. The summed E-state index contributed by atoms with van der Waals surface area (Å²) < 4.78 is 0. The number of nitrogens with one attached hydrogen (secondary N) is 1. The summed E-state index contributed by atoms with van der Waals surface area (Å²) in [6, 6.07) is 8.02. The first kappa shape index (κ1) is 9.69. The molecule has 74 valence electrons. The number of nitrogens with zero attached hydrogens (tertiary/aromatic N) is 1. The number of nitrogen functional groups attached to an aromatic ring is 1. The number of H-pyrrole nitrogens is 1. The van der Waals surface area contributed by atoms with Gasteiger partial charge in [0.25, 0.3) is 5.82 Å². The van der Waals surface area contributed by atoms with Gasteiger partial charge in [-0.25, -0.2) is 4.98 Å². The predicted octanol–water partition coefficient (Wildman–Crippen LogP) is 1.99. The average molecular weight is 216 g/mol. The lowest BCUT2D eigenvalue weighted by Gasteiger charge is -2.01. The van der Waals surface area contributed by atoms with Gasteiger partial charge in [0, 0.05) is 10.4 Å². The van der Waals surface area contributed by atoms with E-state index in [9.17, 15) is 0 Å². The number of aryl methyl sites for hydroxylation is 1. The summed E-state index contributed by atoms with van der Waals surface area (Å²) in [7, 11) is 0. The zero-order valence-electron chi connectivity index (χ0n) is 8.24. The Hall–Kier alpha value is -1.86. The largest absolute Gasteiger partial charge is 0.289 e. The van der Waals surface area contributed by atoms with E-state index in [2.05, 4.69) is 11.1 Å². The number of rotatable bonds is 1. The molecule has 0 spiro atoms. The third-order valence-corrected chi connectivity index (χ3v) is 3.03. The number of aromatic amines is 1. The maximum Gasteiger partial charge on any atom is 0.289 e. The first-order valence-electron chi connectivity index (χ1n) is 4.48. The van der Waals surface area contributed by atoms with Crippen molar-refractivity contribution in [2.24, 2.45) is 0 Å². The lowest BCUT2D eigenvalue weighted by molar-refractivity contribution is -0.370. The van der Waals surface area contributed by atoms with Gasteiger partial charge in [0.1, 0.15) is 11.6 Å². The van der Waals surface area contributed by atoms with Crippen LogP contribution in [0.2, 0.25) is 0 Å². The van der Waals surface area contributed by atoms with Crippen molar-refractivity contribution in [2.45, 2.75) is 6.92 Å². The van der Waals surface area contributed by atoms with E-state index < -0.39 is 0 Å². The summed E-state index contributed by atoms with van der Waals surface area (Å²) in [6.45, 7) is 1.93. The molecule has 0 saturated heterocycles. The van der Waals surface area contributed by atoms with Gasteiger partial charge in [-0.2, -0.15) is 5.26 Å². The van der Waals surface area contributed by atoms with E-state index in [1.54, 1.807) is 11.3 Å². The normalized spacial score (nSPS) is 9.87. The van der Waals surface area contributed by atoms with Crippen LogP contribution >= 0.6 is 11.3 Å². The SMILES string of the molecule is Cc1cc(-c2cccs2)c(C#N)c(N)[nH+]1. The summed E-state index contributed by atoms with van der Waals surface area (Å²) in [5, 5.41) is 11.0. The molecule has 0 aromatic carbocycles. The van der Waals surface area contributed by atoms with Crippen LogP contribution in [0.15, 0.2) is 23.6 Å². The van der Waals surface area contributed by atoms with Crippen LogP contribution in [0.4, 0.5) is 5.82 Å². The number of thiophene rings is 1. The Morgan fingerprint density at radius 3 is 2.93 bits per heavy atom. The van der Waals surface area contributed by atoms with Crippen LogP contribution in [0.3, 0.4) is 0 Å². The molecule has 0 bridgehead atoms. The minimum absolute atomic E-state index is 0.431. The van der Waals surface area contributed by atoms with Gasteiger partial charge in [0.05, 0.1) is 5.69 Å². The fourth-order valence-electron chi connectivity index (χ4n) is 1.49. The summed E-state index contributed by atoms with van der Waals surface area (Å²) >= 11 is 1.60. The molecule has 0 atom stereocenters. The van der Waals surface area contributed by atoms with Gasteiger partial charge in [-0.3, -0.25) is 5.73 Å². The highest BCUT2D eigenvalue weighted by atomic mass is 32.1. The molecule has 2 rings (SSSR count). The number of anilines is 1. The monoisotopic (exact) mass is 216 g/mol. The molecule has 0 unspecified atom stereocenters. The predicted molar refractivity (Wildman–Crippen MR) is 60.2 cm³/mol. The van der Waals surface area contributed by atoms with Crippen LogP contribution in [0.25, 0.3) is 10.4 Å². The molecule has 0 radical (unpaired) electrons. The molecule has 2 aromatic heterocycles. The molecule has 3 N–H and O–H groups in total. The number of aromatic nitrogens is 1. The number of hydrogen-bond acceptors (Lipinski definition) is 3. The van der Waals surface area contributed by atoms with Crippen molar-refractivity contribution in [3.05, 3.63) is 34.8 Å². The van der Waals surface area contributed by atoms with Crippen LogP contribution in [0.5, 0.6) is 0 Å². The van der Waals surface area contributed by atoms with Gasteiger partial charge in [-0.05, 0) is 24.4 Å². The van der Waals surface area contributed by atoms with Crippen LogP contribution in [-0.2, 0) is 0 Å². The minimum atomic E-state index is 0.431. The molecule has 0 aliphatic heterocycles. The molecular formula is C11H10N3S+. The summed E-state index contributed by atoms with van der Waals surface area (Å²) in [6.07, 6.45) is 0. The van der Waals surface area contributed by atoms with Crippen LogP contribution < -0.4 is 10.7 Å². The van der Waals surface area contributed by atoms with Gasteiger partial charge in [0.15, 0.2) is 0 Å². The van der Waals surface area contributed by atoms with E-state index in [1.807, 2.05) is 30.5 Å². The van der Waals surface area contributed by atoms with Crippen molar-refractivity contribution in [3.63, 3.8) is 0 Å². The fraction of sp³-hybridized carbons (Fsp3) is 0.0909. The van der Waals surface area contributed by atoms with Crippen LogP contribution in [0, 0.1) is 18.3 Å². The minimum Gasteiger partial charge on any atom is -0.286 e. The second kappa shape index (κ2) is 3.71. The standard InChI is InChI=1S/C11H9N3S/c1-7-5-8(10-3-2-4-15-10)9(6-12)11(13)14-7/h2-5H,1H3,(H2,13,14)/p+1. The maximum atomic E-state index is 9.04.